The van der Waals surface area contributed by atoms with Crippen molar-refractivity contribution < 1.29 is 23.5 Å². The number of esters is 2. The van der Waals surface area contributed by atoms with Crippen LogP contribution < -0.4 is 5.56 Å². The monoisotopic (exact) mass is 370 g/mol. The van der Waals surface area contributed by atoms with Gasteiger partial charge < -0.3 is 13.9 Å². The third kappa shape index (κ3) is 3.46. The molecule has 0 spiro atoms. The number of ether oxygens (including phenoxy) is 2. The van der Waals surface area contributed by atoms with E-state index in [0.717, 1.165) is 0 Å². The fraction of sp³-hybridized carbons (Fsp3) is 0.263. The van der Waals surface area contributed by atoms with Crippen LogP contribution in [0.1, 0.15) is 46.5 Å². The van der Waals surface area contributed by atoms with E-state index < -0.39 is 11.9 Å². The van der Waals surface area contributed by atoms with Gasteiger partial charge in [-0.1, -0.05) is 18.2 Å². The number of methoxy groups -OCH3 is 1. The summed E-state index contributed by atoms with van der Waals surface area (Å²) in [5, 5.41) is 4.98. The Balaban J connectivity index is 1.95. The maximum Gasteiger partial charge on any atom is 0.374 e. The zero-order chi connectivity index (χ0) is 19.6. The van der Waals surface area contributed by atoms with Gasteiger partial charge in [-0.05, 0) is 26.0 Å². The molecule has 0 unspecified atom stereocenters. The van der Waals surface area contributed by atoms with E-state index in [-0.39, 0.29) is 29.7 Å². The number of carbonyl (C=O) groups excluding carboxylic acids is 2. The lowest BCUT2D eigenvalue weighted by Gasteiger charge is -2.13. The molecular weight excluding hydrogens is 352 g/mol. The Morgan fingerprint density at radius 2 is 1.85 bits per heavy atom. The molecule has 0 fully saturated rings. The molecular formula is C19H18N2O6. The first kappa shape index (κ1) is 18.4. The molecule has 2 aromatic heterocycles. The van der Waals surface area contributed by atoms with Crippen LogP contribution in [0.15, 0.2) is 45.8 Å². The molecule has 0 saturated carbocycles. The van der Waals surface area contributed by atoms with Crippen molar-refractivity contribution in [2.75, 3.05) is 7.11 Å². The first-order valence-corrected chi connectivity index (χ1v) is 8.27. The molecule has 0 amide bonds. The highest BCUT2D eigenvalue weighted by Gasteiger charge is 2.21. The number of aromatic nitrogens is 2. The molecule has 0 aliphatic carbocycles. The minimum atomic E-state index is -0.711. The van der Waals surface area contributed by atoms with Crippen LogP contribution in [0, 0.1) is 0 Å². The highest BCUT2D eigenvalue weighted by atomic mass is 16.5. The van der Waals surface area contributed by atoms with Crippen molar-refractivity contribution >= 4 is 22.7 Å². The number of nitrogens with zero attached hydrogens (tertiary/aromatic N) is 2. The van der Waals surface area contributed by atoms with Gasteiger partial charge >= 0.3 is 11.9 Å². The van der Waals surface area contributed by atoms with Crippen molar-refractivity contribution in [1.29, 1.82) is 0 Å². The summed E-state index contributed by atoms with van der Waals surface area (Å²) in [6, 6.07) is 8.00. The molecule has 0 radical (unpaired) electrons. The average Bonchev–Trinajstić information content (AvgIpc) is 3.14. The molecule has 140 valence electrons. The van der Waals surface area contributed by atoms with E-state index in [1.165, 1.54) is 24.1 Å². The van der Waals surface area contributed by atoms with E-state index in [0.29, 0.717) is 16.3 Å². The lowest BCUT2D eigenvalue weighted by Crippen LogP contribution is -2.27. The van der Waals surface area contributed by atoms with Gasteiger partial charge in [0.15, 0.2) is 5.69 Å². The number of carbonyl (C=O) groups is 2. The molecule has 8 nitrogen and oxygen atoms in total. The van der Waals surface area contributed by atoms with Gasteiger partial charge in [0.25, 0.3) is 5.56 Å². The largest absolute Gasteiger partial charge is 0.463 e. The number of fused-ring (bicyclic) bond motifs is 1. The van der Waals surface area contributed by atoms with E-state index in [2.05, 4.69) is 9.84 Å². The molecule has 0 aliphatic rings. The normalized spacial score (nSPS) is 11.0. The fourth-order valence-electron chi connectivity index (χ4n) is 2.64. The number of hydrogen-bond acceptors (Lipinski definition) is 7. The van der Waals surface area contributed by atoms with E-state index in [4.69, 9.17) is 9.15 Å². The van der Waals surface area contributed by atoms with Crippen LogP contribution in [-0.2, 0) is 16.1 Å². The van der Waals surface area contributed by atoms with Crippen molar-refractivity contribution in [3.63, 3.8) is 0 Å². The SMILES string of the molecule is COC(=O)c1occc1COC(=O)c1nn(C(C)C)c(=O)c2ccccc12. The molecule has 0 N–H and O–H groups in total. The quantitative estimate of drug-likeness (QED) is 0.637. The van der Waals surface area contributed by atoms with Crippen molar-refractivity contribution in [2.24, 2.45) is 0 Å². The van der Waals surface area contributed by atoms with Crippen molar-refractivity contribution in [3.8, 4) is 0 Å². The van der Waals surface area contributed by atoms with Gasteiger partial charge in [-0.2, -0.15) is 5.10 Å². The summed E-state index contributed by atoms with van der Waals surface area (Å²) in [6.07, 6.45) is 1.31. The fourth-order valence-corrected chi connectivity index (χ4v) is 2.64. The third-order valence-corrected chi connectivity index (χ3v) is 3.99. The number of furan rings is 1. The van der Waals surface area contributed by atoms with Crippen LogP contribution in [0.25, 0.3) is 10.8 Å². The summed E-state index contributed by atoms with van der Waals surface area (Å²) < 4.78 is 16.2. The molecule has 27 heavy (non-hydrogen) atoms. The lowest BCUT2D eigenvalue weighted by molar-refractivity contribution is 0.0447. The molecule has 0 saturated heterocycles. The minimum absolute atomic E-state index is 0.0296. The summed E-state index contributed by atoms with van der Waals surface area (Å²) in [5.74, 6) is -1.41. The van der Waals surface area contributed by atoms with Crippen LogP contribution in [0.5, 0.6) is 0 Å². The number of hydrogen-bond donors (Lipinski definition) is 0. The van der Waals surface area contributed by atoms with Crippen molar-refractivity contribution in [3.05, 3.63) is 64.0 Å². The van der Waals surface area contributed by atoms with Gasteiger partial charge in [0.05, 0.1) is 24.8 Å². The van der Waals surface area contributed by atoms with Gasteiger partial charge in [0.2, 0.25) is 5.76 Å². The molecule has 0 atom stereocenters. The number of rotatable bonds is 5. The molecule has 1 aromatic carbocycles. The van der Waals surface area contributed by atoms with Crippen molar-refractivity contribution in [1.82, 2.24) is 9.78 Å². The maximum atomic E-state index is 12.6. The van der Waals surface area contributed by atoms with Gasteiger partial charge in [-0.25, -0.2) is 14.3 Å². The first-order chi connectivity index (χ1) is 12.9. The Bertz CT molecular complexity index is 1060. The van der Waals surface area contributed by atoms with Crippen LogP contribution in [0.2, 0.25) is 0 Å². The van der Waals surface area contributed by atoms with Gasteiger partial charge in [-0.15, -0.1) is 0 Å². The molecule has 3 aromatic rings. The standard InChI is InChI=1S/C19H18N2O6/c1-11(2)21-17(22)14-7-5-4-6-13(14)15(20-21)18(23)27-10-12-8-9-26-16(12)19(24)25-3/h4-9,11H,10H2,1-3H3. The smallest absolute Gasteiger partial charge is 0.374 e. The van der Waals surface area contributed by atoms with E-state index in [1.54, 1.807) is 38.1 Å². The minimum Gasteiger partial charge on any atom is -0.463 e. The molecule has 2 heterocycles. The van der Waals surface area contributed by atoms with Crippen LogP contribution in [-0.4, -0.2) is 28.8 Å². The molecule has 0 bridgehead atoms. The second kappa shape index (κ2) is 7.45. The summed E-state index contributed by atoms with van der Waals surface area (Å²) in [5.41, 5.74) is 0.124. The summed E-state index contributed by atoms with van der Waals surface area (Å²) in [4.78, 5) is 36.8. The van der Waals surface area contributed by atoms with Crippen molar-refractivity contribution in [2.45, 2.75) is 26.5 Å². The third-order valence-electron chi connectivity index (χ3n) is 3.99. The predicted molar refractivity (Wildman–Crippen MR) is 95.6 cm³/mol. The zero-order valence-corrected chi connectivity index (χ0v) is 15.1. The molecule has 0 aliphatic heterocycles. The van der Waals surface area contributed by atoms with E-state index in [9.17, 15) is 14.4 Å². The Morgan fingerprint density at radius 3 is 2.52 bits per heavy atom. The summed E-state index contributed by atoms with van der Waals surface area (Å²) >= 11 is 0. The Labute approximate surface area is 154 Å². The average molecular weight is 370 g/mol. The first-order valence-electron chi connectivity index (χ1n) is 8.27. The highest BCUT2D eigenvalue weighted by Crippen LogP contribution is 2.18. The van der Waals surface area contributed by atoms with Crippen LogP contribution in [0.3, 0.4) is 0 Å². The Morgan fingerprint density at radius 1 is 1.15 bits per heavy atom. The Kier molecular flexibility index (Phi) is 5.07. The summed E-state index contributed by atoms with van der Waals surface area (Å²) in [7, 11) is 1.23. The maximum absolute atomic E-state index is 12.6. The van der Waals surface area contributed by atoms with Gasteiger partial charge in [-0.3, -0.25) is 4.79 Å². The Hall–Kier alpha value is -3.42. The summed E-state index contributed by atoms with van der Waals surface area (Å²) in [6.45, 7) is 3.40. The van der Waals surface area contributed by atoms with Crippen LogP contribution in [0.4, 0.5) is 0 Å². The van der Waals surface area contributed by atoms with E-state index in [1.807, 2.05) is 0 Å². The van der Waals surface area contributed by atoms with Gasteiger partial charge in [0.1, 0.15) is 6.61 Å². The predicted octanol–water partition coefficient (Wildman–Crippen LogP) is 2.71. The van der Waals surface area contributed by atoms with Gasteiger partial charge in [0, 0.05) is 10.9 Å². The highest BCUT2D eigenvalue weighted by molar-refractivity contribution is 6.02. The van der Waals surface area contributed by atoms with E-state index >= 15 is 0 Å². The van der Waals surface area contributed by atoms with Crippen LogP contribution >= 0.6 is 0 Å². The second-order valence-electron chi connectivity index (χ2n) is 6.08. The topological polar surface area (TPSA) is 101 Å². The second-order valence-corrected chi connectivity index (χ2v) is 6.08. The molecule has 3 rings (SSSR count). The zero-order valence-electron chi connectivity index (χ0n) is 15.1. The number of benzene rings is 1. The lowest BCUT2D eigenvalue weighted by atomic mass is 10.1. The molecule has 8 heteroatoms.